The summed E-state index contributed by atoms with van der Waals surface area (Å²) in [4.78, 5) is 20.3. The summed E-state index contributed by atoms with van der Waals surface area (Å²) in [5.74, 6) is 0.914. The van der Waals surface area contributed by atoms with Crippen molar-refractivity contribution in [1.82, 2.24) is 9.88 Å². The van der Waals surface area contributed by atoms with Gasteiger partial charge < -0.3 is 15.4 Å². The number of thiazole rings is 1. The van der Waals surface area contributed by atoms with E-state index in [1.807, 2.05) is 43.0 Å². The van der Waals surface area contributed by atoms with Gasteiger partial charge in [-0.25, -0.2) is 4.98 Å². The molecule has 1 unspecified atom stereocenters. The van der Waals surface area contributed by atoms with Crippen LogP contribution in [0.5, 0.6) is 5.75 Å². The van der Waals surface area contributed by atoms with Crippen LogP contribution in [0.4, 0.5) is 0 Å². The van der Waals surface area contributed by atoms with E-state index in [4.69, 9.17) is 10.5 Å². The fraction of sp³-hybridized carbons (Fsp3) is 0.474. The lowest BCUT2D eigenvalue weighted by molar-refractivity contribution is 0.0627. The minimum Gasteiger partial charge on any atom is -0.494 e. The number of likely N-dealkylation sites (tertiary alicyclic amines) is 1. The van der Waals surface area contributed by atoms with Crippen molar-refractivity contribution in [2.75, 3.05) is 19.7 Å². The Morgan fingerprint density at radius 1 is 1.30 bits per heavy atom. The second-order valence-electron chi connectivity index (χ2n) is 6.27. The number of rotatable bonds is 5. The SMILES string of the molecule is CCOc1ccc(-c2nc(C)c(C(=O)N3CCCCC3CN)s2)cc1.Cl.Cl. The lowest BCUT2D eigenvalue weighted by atomic mass is 10.0. The van der Waals surface area contributed by atoms with Crippen LogP contribution in [0.15, 0.2) is 24.3 Å². The van der Waals surface area contributed by atoms with Gasteiger partial charge >= 0.3 is 0 Å². The van der Waals surface area contributed by atoms with Crippen LogP contribution in [0.25, 0.3) is 10.6 Å². The first-order chi connectivity index (χ1) is 12.1. The van der Waals surface area contributed by atoms with Crippen molar-refractivity contribution >= 4 is 42.1 Å². The molecule has 2 N–H and O–H groups in total. The Bertz CT molecular complexity index is 737. The van der Waals surface area contributed by atoms with E-state index in [0.717, 1.165) is 52.7 Å². The predicted molar refractivity (Wildman–Crippen MR) is 116 cm³/mol. The fourth-order valence-corrected chi connectivity index (χ4v) is 4.25. The zero-order chi connectivity index (χ0) is 17.8. The molecule has 150 valence electrons. The number of amides is 1. The normalized spacial score (nSPS) is 16.3. The molecule has 1 amide bonds. The summed E-state index contributed by atoms with van der Waals surface area (Å²) >= 11 is 1.46. The molecule has 0 spiro atoms. The quantitative estimate of drug-likeness (QED) is 0.765. The number of carbonyl (C=O) groups excluding carboxylic acids is 1. The van der Waals surface area contributed by atoms with Gasteiger partial charge in [0.2, 0.25) is 0 Å². The van der Waals surface area contributed by atoms with Gasteiger partial charge in [0.1, 0.15) is 15.6 Å². The molecular weight excluding hydrogens is 405 g/mol. The van der Waals surface area contributed by atoms with Gasteiger partial charge in [-0.05, 0) is 57.4 Å². The molecule has 1 saturated heterocycles. The maximum Gasteiger partial charge on any atom is 0.266 e. The van der Waals surface area contributed by atoms with Gasteiger partial charge in [-0.3, -0.25) is 4.79 Å². The largest absolute Gasteiger partial charge is 0.494 e. The van der Waals surface area contributed by atoms with Crippen LogP contribution in [0.1, 0.15) is 41.6 Å². The van der Waals surface area contributed by atoms with E-state index in [-0.39, 0.29) is 36.8 Å². The van der Waals surface area contributed by atoms with Crippen LogP contribution in [0, 0.1) is 6.92 Å². The number of halogens is 2. The van der Waals surface area contributed by atoms with E-state index in [1.54, 1.807) is 0 Å². The van der Waals surface area contributed by atoms with Crippen molar-refractivity contribution < 1.29 is 9.53 Å². The smallest absolute Gasteiger partial charge is 0.266 e. The van der Waals surface area contributed by atoms with Gasteiger partial charge in [-0.2, -0.15) is 0 Å². The number of hydrogen-bond donors (Lipinski definition) is 1. The van der Waals surface area contributed by atoms with Gasteiger partial charge in [0, 0.05) is 24.7 Å². The molecule has 2 heterocycles. The van der Waals surface area contributed by atoms with Gasteiger partial charge in [-0.1, -0.05) is 0 Å². The Labute approximate surface area is 177 Å². The second kappa shape index (κ2) is 10.9. The van der Waals surface area contributed by atoms with Crippen molar-refractivity contribution in [1.29, 1.82) is 0 Å². The van der Waals surface area contributed by atoms with Crippen molar-refractivity contribution in [2.24, 2.45) is 5.73 Å². The predicted octanol–water partition coefficient (Wildman–Crippen LogP) is 4.31. The second-order valence-corrected chi connectivity index (χ2v) is 7.27. The van der Waals surface area contributed by atoms with Crippen LogP contribution >= 0.6 is 36.2 Å². The molecule has 1 aliphatic heterocycles. The number of carbonyl (C=O) groups is 1. The monoisotopic (exact) mass is 431 g/mol. The van der Waals surface area contributed by atoms with Crippen molar-refractivity contribution in [3.05, 3.63) is 34.8 Å². The average molecular weight is 432 g/mol. The molecule has 0 bridgehead atoms. The van der Waals surface area contributed by atoms with Crippen LogP contribution in [-0.2, 0) is 0 Å². The summed E-state index contributed by atoms with van der Waals surface area (Å²) in [5, 5.41) is 0.866. The molecule has 3 rings (SSSR count). The highest BCUT2D eigenvalue weighted by Crippen LogP contribution is 2.31. The first-order valence-electron chi connectivity index (χ1n) is 8.85. The third kappa shape index (κ3) is 5.35. The summed E-state index contributed by atoms with van der Waals surface area (Å²) in [5.41, 5.74) is 7.66. The summed E-state index contributed by atoms with van der Waals surface area (Å²) in [7, 11) is 0. The maximum absolute atomic E-state index is 13.0. The summed E-state index contributed by atoms with van der Waals surface area (Å²) in [6, 6.07) is 8.00. The Hall–Kier alpha value is -1.34. The minimum absolute atomic E-state index is 0. The highest BCUT2D eigenvalue weighted by Gasteiger charge is 2.29. The molecule has 8 heteroatoms. The Balaban J connectivity index is 0.00000182. The van der Waals surface area contributed by atoms with Gasteiger partial charge in [-0.15, -0.1) is 36.2 Å². The van der Waals surface area contributed by atoms with Gasteiger partial charge in [0.25, 0.3) is 5.91 Å². The Morgan fingerprint density at radius 3 is 2.63 bits per heavy atom. The topological polar surface area (TPSA) is 68.5 Å². The van der Waals surface area contributed by atoms with E-state index < -0.39 is 0 Å². The number of aromatic nitrogens is 1. The number of nitrogens with zero attached hydrogens (tertiary/aromatic N) is 2. The number of benzene rings is 1. The average Bonchev–Trinajstić information content (AvgIpc) is 3.03. The van der Waals surface area contributed by atoms with Crippen LogP contribution in [0.3, 0.4) is 0 Å². The molecule has 1 fully saturated rings. The molecule has 0 aliphatic carbocycles. The molecule has 1 aromatic heterocycles. The van der Waals surface area contributed by atoms with Crippen molar-refractivity contribution in [2.45, 2.75) is 39.2 Å². The standard InChI is InChI=1S/C19H25N3O2S.2ClH/c1-3-24-16-9-7-14(8-10-16)18-21-13(2)17(25-18)19(23)22-11-5-4-6-15(22)12-20;;/h7-10,15H,3-6,11-12,20H2,1-2H3;2*1H. The first-order valence-corrected chi connectivity index (χ1v) is 9.67. The summed E-state index contributed by atoms with van der Waals surface area (Å²) < 4.78 is 5.48. The minimum atomic E-state index is 0. The molecule has 0 saturated carbocycles. The van der Waals surface area contributed by atoms with Crippen LogP contribution in [0.2, 0.25) is 0 Å². The summed E-state index contributed by atoms with van der Waals surface area (Å²) in [6.45, 7) is 5.83. The zero-order valence-corrected chi connectivity index (χ0v) is 18.1. The molecule has 1 aliphatic rings. The number of ether oxygens (including phenoxy) is 1. The molecule has 27 heavy (non-hydrogen) atoms. The van der Waals surface area contributed by atoms with E-state index >= 15 is 0 Å². The highest BCUT2D eigenvalue weighted by atomic mass is 35.5. The molecule has 1 aromatic carbocycles. The van der Waals surface area contributed by atoms with Crippen molar-refractivity contribution in [3.63, 3.8) is 0 Å². The number of piperidine rings is 1. The van der Waals surface area contributed by atoms with E-state index in [0.29, 0.717) is 13.2 Å². The van der Waals surface area contributed by atoms with Gasteiger partial charge in [0.15, 0.2) is 0 Å². The number of hydrogen-bond acceptors (Lipinski definition) is 5. The maximum atomic E-state index is 13.0. The van der Waals surface area contributed by atoms with E-state index in [9.17, 15) is 4.79 Å². The molecule has 1 atom stereocenters. The Morgan fingerprint density at radius 2 is 2.00 bits per heavy atom. The third-order valence-electron chi connectivity index (χ3n) is 4.56. The lowest BCUT2D eigenvalue weighted by Crippen LogP contribution is -2.47. The number of nitrogens with two attached hydrogens (primary N) is 1. The molecule has 2 aromatic rings. The van der Waals surface area contributed by atoms with Crippen molar-refractivity contribution in [3.8, 4) is 16.3 Å². The van der Waals surface area contributed by atoms with E-state index in [1.165, 1.54) is 11.3 Å². The van der Waals surface area contributed by atoms with Gasteiger partial charge in [0.05, 0.1) is 12.3 Å². The lowest BCUT2D eigenvalue weighted by Gasteiger charge is -2.34. The summed E-state index contributed by atoms with van der Waals surface area (Å²) in [6.07, 6.45) is 3.18. The molecule has 5 nitrogen and oxygen atoms in total. The van der Waals surface area contributed by atoms with E-state index in [2.05, 4.69) is 4.98 Å². The highest BCUT2D eigenvalue weighted by molar-refractivity contribution is 7.17. The first kappa shape index (κ1) is 23.7. The molecular formula is C19H27Cl2N3O2S. The fourth-order valence-electron chi connectivity index (χ4n) is 3.22. The van der Waals surface area contributed by atoms with Crippen LogP contribution < -0.4 is 10.5 Å². The number of aryl methyl sites for hydroxylation is 1. The third-order valence-corrected chi connectivity index (χ3v) is 5.76. The van der Waals surface area contributed by atoms with Crippen LogP contribution in [-0.4, -0.2) is 41.5 Å². The molecule has 0 radical (unpaired) electrons. The zero-order valence-electron chi connectivity index (χ0n) is 15.6. The Kier molecular flexibility index (Phi) is 9.53.